The summed E-state index contributed by atoms with van der Waals surface area (Å²) in [6.45, 7) is 3.08. The Balaban J connectivity index is 1.62. The normalized spacial score (nSPS) is 25.5. The lowest BCUT2D eigenvalue weighted by Crippen LogP contribution is -2.51. The van der Waals surface area contributed by atoms with Crippen LogP contribution < -0.4 is 16.0 Å². The van der Waals surface area contributed by atoms with Crippen LogP contribution in [0.4, 0.5) is 5.69 Å². The average Bonchev–Trinajstić information content (AvgIpc) is 2.85. The molecule has 0 aliphatic carbocycles. The lowest BCUT2D eigenvalue weighted by molar-refractivity contribution is -0.122. The van der Waals surface area contributed by atoms with Crippen molar-refractivity contribution in [2.45, 2.75) is 44.8 Å². The standard InChI is InChI=1S/C15H21N3O/c1-10-5-4-6-11-9-12(17-14(10)11)15(19)18-13-7-2-3-8-16-13/h4-6,12-13,16-17H,2-3,7-9H2,1H3,(H,18,19). The summed E-state index contributed by atoms with van der Waals surface area (Å²) in [6, 6.07) is 6.11. The van der Waals surface area contributed by atoms with Gasteiger partial charge in [0.05, 0.1) is 6.17 Å². The number of aryl methyl sites for hydroxylation is 1. The van der Waals surface area contributed by atoms with Crippen LogP contribution in [-0.2, 0) is 11.2 Å². The summed E-state index contributed by atoms with van der Waals surface area (Å²) in [4.78, 5) is 12.3. The van der Waals surface area contributed by atoms with E-state index in [1.165, 1.54) is 24.0 Å². The summed E-state index contributed by atoms with van der Waals surface area (Å²) >= 11 is 0. The Labute approximate surface area is 114 Å². The van der Waals surface area contributed by atoms with E-state index in [9.17, 15) is 4.79 Å². The minimum Gasteiger partial charge on any atom is -0.373 e. The van der Waals surface area contributed by atoms with Crippen molar-refractivity contribution in [1.82, 2.24) is 10.6 Å². The number of benzene rings is 1. The van der Waals surface area contributed by atoms with Crippen LogP contribution in [0.15, 0.2) is 18.2 Å². The number of hydrogen-bond donors (Lipinski definition) is 3. The van der Waals surface area contributed by atoms with Crippen LogP contribution >= 0.6 is 0 Å². The number of nitrogens with one attached hydrogen (secondary N) is 3. The highest BCUT2D eigenvalue weighted by Crippen LogP contribution is 2.29. The summed E-state index contributed by atoms with van der Waals surface area (Å²) in [7, 11) is 0. The van der Waals surface area contributed by atoms with Gasteiger partial charge in [-0.3, -0.25) is 10.1 Å². The second kappa shape index (κ2) is 5.21. The van der Waals surface area contributed by atoms with Gasteiger partial charge in [-0.25, -0.2) is 0 Å². The van der Waals surface area contributed by atoms with Gasteiger partial charge in [0.25, 0.3) is 0 Å². The van der Waals surface area contributed by atoms with Crippen LogP contribution in [0.5, 0.6) is 0 Å². The molecule has 0 saturated carbocycles. The first-order valence-corrected chi connectivity index (χ1v) is 7.13. The predicted octanol–water partition coefficient (Wildman–Crippen LogP) is 1.55. The fourth-order valence-corrected chi connectivity index (χ4v) is 2.96. The van der Waals surface area contributed by atoms with Gasteiger partial charge in [0.1, 0.15) is 6.04 Å². The molecule has 3 rings (SSSR count). The summed E-state index contributed by atoms with van der Waals surface area (Å²) in [6.07, 6.45) is 4.36. The molecule has 102 valence electrons. The van der Waals surface area contributed by atoms with Gasteiger partial charge in [-0.05, 0) is 43.9 Å². The third kappa shape index (κ3) is 2.59. The van der Waals surface area contributed by atoms with Crippen molar-refractivity contribution in [1.29, 1.82) is 0 Å². The maximum Gasteiger partial charge on any atom is 0.244 e. The molecule has 0 bridgehead atoms. The molecule has 3 N–H and O–H groups in total. The Kier molecular flexibility index (Phi) is 3.42. The van der Waals surface area contributed by atoms with Crippen molar-refractivity contribution in [2.75, 3.05) is 11.9 Å². The smallest absolute Gasteiger partial charge is 0.244 e. The number of hydrogen-bond acceptors (Lipinski definition) is 3. The van der Waals surface area contributed by atoms with Crippen LogP contribution in [0.3, 0.4) is 0 Å². The molecule has 19 heavy (non-hydrogen) atoms. The molecule has 2 heterocycles. The molecule has 1 saturated heterocycles. The van der Waals surface area contributed by atoms with E-state index in [4.69, 9.17) is 0 Å². The summed E-state index contributed by atoms with van der Waals surface area (Å²) in [5.74, 6) is 0.106. The zero-order valence-corrected chi connectivity index (χ0v) is 11.3. The first-order chi connectivity index (χ1) is 9.24. The molecule has 0 radical (unpaired) electrons. The van der Waals surface area contributed by atoms with Crippen molar-refractivity contribution >= 4 is 11.6 Å². The Hall–Kier alpha value is -1.55. The van der Waals surface area contributed by atoms with Crippen LogP contribution in [0.25, 0.3) is 0 Å². The minimum absolute atomic E-state index is 0.106. The van der Waals surface area contributed by atoms with Crippen LogP contribution in [0, 0.1) is 6.92 Å². The summed E-state index contributed by atoms with van der Waals surface area (Å²) in [5.41, 5.74) is 3.60. The first-order valence-electron chi connectivity index (χ1n) is 7.13. The van der Waals surface area contributed by atoms with Crippen LogP contribution in [0.1, 0.15) is 30.4 Å². The predicted molar refractivity (Wildman–Crippen MR) is 76.1 cm³/mol. The molecule has 0 aromatic heterocycles. The molecule has 1 aromatic rings. The van der Waals surface area contributed by atoms with E-state index >= 15 is 0 Å². The summed E-state index contributed by atoms with van der Waals surface area (Å²) in [5, 5.41) is 9.80. The van der Waals surface area contributed by atoms with Crippen molar-refractivity contribution in [2.24, 2.45) is 0 Å². The number of rotatable bonds is 2. The van der Waals surface area contributed by atoms with E-state index in [0.717, 1.165) is 25.1 Å². The number of carbonyl (C=O) groups excluding carboxylic acids is 1. The SMILES string of the molecule is Cc1cccc2c1NC(C(=O)NC1CCCCN1)C2. The Morgan fingerprint density at radius 2 is 2.26 bits per heavy atom. The topological polar surface area (TPSA) is 53.2 Å². The van der Waals surface area contributed by atoms with Gasteiger partial charge in [0.15, 0.2) is 0 Å². The van der Waals surface area contributed by atoms with Gasteiger partial charge in [0, 0.05) is 12.1 Å². The maximum atomic E-state index is 12.3. The molecule has 1 aromatic carbocycles. The lowest BCUT2D eigenvalue weighted by Gasteiger charge is -2.25. The highest BCUT2D eigenvalue weighted by Gasteiger charge is 2.28. The van der Waals surface area contributed by atoms with Gasteiger partial charge < -0.3 is 10.6 Å². The van der Waals surface area contributed by atoms with E-state index in [1.54, 1.807) is 0 Å². The Morgan fingerprint density at radius 1 is 1.37 bits per heavy atom. The molecule has 2 aliphatic rings. The van der Waals surface area contributed by atoms with Crippen molar-refractivity contribution < 1.29 is 4.79 Å². The number of fused-ring (bicyclic) bond motifs is 1. The van der Waals surface area contributed by atoms with Gasteiger partial charge >= 0.3 is 0 Å². The van der Waals surface area contributed by atoms with E-state index in [2.05, 4.69) is 41.1 Å². The maximum absolute atomic E-state index is 12.3. The quantitative estimate of drug-likeness (QED) is 0.755. The fraction of sp³-hybridized carbons (Fsp3) is 0.533. The summed E-state index contributed by atoms with van der Waals surface area (Å²) < 4.78 is 0. The molecule has 4 heteroatoms. The number of carbonyl (C=O) groups is 1. The highest BCUT2D eigenvalue weighted by atomic mass is 16.2. The van der Waals surface area contributed by atoms with E-state index in [0.29, 0.717) is 0 Å². The molecule has 0 spiro atoms. The third-order valence-electron chi connectivity index (χ3n) is 4.04. The Bertz CT molecular complexity index is 480. The van der Waals surface area contributed by atoms with Gasteiger partial charge in [-0.2, -0.15) is 0 Å². The highest BCUT2D eigenvalue weighted by molar-refractivity contribution is 5.88. The molecular formula is C15H21N3O. The average molecular weight is 259 g/mol. The number of anilines is 1. The second-order valence-corrected chi connectivity index (χ2v) is 5.52. The van der Waals surface area contributed by atoms with Gasteiger partial charge in [-0.1, -0.05) is 18.2 Å². The monoisotopic (exact) mass is 259 g/mol. The van der Waals surface area contributed by atoms with Crippen LogP contribution in [0.2, 0.25) is 0 Å². The van der Waals surface area contributed by atoms with E-state index in [1.807, 2.05) is 0 Å². The fourth-order valence-electron chi connectivity index (χ4n) is 2.96. The third-order valence-corrected chi connectivity index (χ3v) is 4.04. The van der Waals surface area contributed by atoms with Crippen molar-refractivity contribution in [3.63, 3.8) is 0 Å². The first kappa shape index (κ1) is 12.5. The van der Waals surface area contributed by atoms with Crippen molar-refractivity contribution in [3.05, 3.63) is 29.3 Å². The molecule has 1 fully saturated rings. The molecule has 2 aliphatic heterocycles. The Morgan fingerprint density at radius 3 is 3.00 bits per heavy atom. The number of piperidine rings is 1. The molecule has 2 atom stereocenters. The molecule has 4 nitrogen and oxygen atoms in total. The van der Waals surface area contributed by atoms with E-state index < -0.39 is 0 Å². The minimum atomic E-state index is -0.125. The second-order valence-electron chi connectivity index (χ2n) is 5.52. The van der Waals surface area contributed by atoms with Gasteiger partial charge in [0.2, 0.25) is 5.91 Å². The lowest BCUT2D eigenvalue weighted by atomic mass is 10.1. The molecular weight excluding hydrogens is 238 g/mol. The molecule has 2 unspecified atom stereocenters. The van der Waals surface area contributed by atoms with Crippen LogP contribution in [-0.4, -0.2) is 24.7 Å². The molecule has 1 amide bonds. The van der Waals surface area contributed by atoms with Crippen molar-refractivity contribution in [3.8, 4) is 0 Å². The van der Waals surface area contributed by atoms with E-state index in [-0.39, 0.29) is 18.1 Å². The zero-order chi connectivity index (χ0) is 13.2. The number of para-hydroxylation sites is 1. The largest absolute Gasteiger partial charge is 0.373 e. The van der Waals surface area contributed by atoms with Gasteiger partial charge in [-0.15, -0.1) is 0 Å². The zero-order valence-electron chi connectivity index (χ0n) is 11.3. The number of amides is 1.